The second-order valence-electron chi connectivity index (χ2n) is 10.7. The molecule has 1 aliphatic rings. The summed E-state index contributed by atoms with van der Waals surface area (Å²) in [5.41, 5.74) is 7.75. The van der Waals surface area contributed by atoms with E-state index in [1.807, 2.05) is 30.6 Å². The van der Waals surface area contributed by atoms with Gasteiger partial charge in [-0.1, -0.05) is 18.9 Å². The normalized spacial score (nSPS) is 14.0. The van der Waals surface area contributed by atoms with Gasteiger partial charge in [-0.2, -0.15) is 5.10 Å². The molecule has 6 aromatic rings. The van der Waals surface area contributed by atoms with Gasteiger partial charge in [-0.3, -0.25) is 15.1 Å². The predicted octanol–water partition coefficient (Wildman–Crippen LogP) is 6.96. The van der Waals surface area contributed by atoms with Crippen molar-refractivity contribution in [2.24, 2.45) is 5.92 Å². The summed E-state index contributed by atoms with van der Waals surface area (Å²) in [7, 11) is 0. The number of phenolic OH excluding ortho intramolecular Hbond substituents is 1. The predicted molar refractivity (Wildman–Crippen MR) is 155 cm³/mol. The first-order chi connectivity index (χ1) is 19.6. The molecule has 4 N–H and O–H groups in total. The van der Waals surface area contributed by atoms with Crippen LogP contribution in [-0.4, -0.2) is 36.8 Å². The quantitative estimate of drug-likeness (QED) is 0.178. The van der Waals surface area contributed by atoms with E-state index in [0.29, 0.717) is 11.3 Å². The molecule has 1 aliphatic carbocycles. The lowest BCUT2D eigenvalue weighted by molar-refractivity contribution is 0.469. The Hall–Kier alpha value is -4.56. The Morgan fingerprint density at radius 3 is 2.62 bits per heavy atom. The molecule has 0 radical (unpaired) electrons. The molecule has 7 nitrogen and oxygen atoms in total. The summed E-state index contributed by atoms with van der Waals surface area (Å²) in [5, 5.41) is 23.1. The monoisotopic (exact) mass is 532 g/mol. The minimum absolute atomic E-state index is 0.140. The molecule has 0 unspecified atom stereocenters. The van der Waals surface area contributed by atoms with Crippen molar-refractivity contribution in [2.75, 3.05) is 6.54 Å². The summed E-state index contributed by atoms with van der Waals surface area (Å²) in [6.07, 6.45) is 10.9. The van der Waals surface area contributed by atoms with E-state index >= 15 is 0 Å². The first kappa shape index (κ1) is 24.5. The van der Waals surface area contributed by atoms with Crippen molar-refractivity contribution in [3.63, 3.8) is 0 Å². The standard InChI is InChI=1S/C32H29FN6O/c33-24-10-22(11-25(40)13-24)31-27-14-30(37-28(27)7-8-36-31)32-26-12-21(5-6-29(26)38-39-32)23-9-20(17-35-18-23)16-34-15-19-3-1-2-4-19/h5-14,17-19,34,37,40H,1-4,15-16H2,(H,38,39). The SMILES string of the molecule is Oc1cc(F)cc(-c2nccc3[nH]c(-c4n[nH]c5ccc(-c6cncc(CNCC7CCCC7)c6)cc45)cc23)c1. The molecule has 4 heterocycles. The van der Waals surface area contributed by atoms with Crippen LogP contribution in [-0.2, 0) is 6.54 Å². The molecule has 1 fully saturated rings. The highest BCUT2D eigenvalue weighted by Crippen LogP contribution is 2.35. The zero-order chi connectivity index (χ0) is 27.1. The number of benzene rings is 2. The zero-order valence-electron chi connectivity index (χ0n) is 21.9. The number of hydrogen-bond acceptors (Lipinski definition) is 5. The maximum atomic E-state index is 14.0. The van der Waals surface area contributed by atoms with Crippen molar-refractivity contribution < 1.29 is 9.50 Å². The Labute approximate surface area is 230 Å². The van der Waals surface area contributed by atoms with Gasteiger partial charge in [0.05, 0.1) is 16.9 Å². The largest absolute Gasteiger partial charge is 0.508 e. The van der Waals surface area contributed by atoms with E-state index in [1.165, 1.54) is 43.4 Å². The van der Waals surface area contributed by atoms with Crippen LogP contribution in [0.1, 0.15) is 31.2 Å². The van der Waals surface area contributed by atoms with E-state index in [-0.39, 0.29) is 5.75 Å². The number of fused-ring (bicyclic) bond motifs is 2. The van der Waals surface area contributed by atoms with E-state index in [0.717, 1.165) is 69.4 Å². The molecule has 8 heteroatoms. The molecule has 7 rings (SSSR count). The van der Waals surface area contributed by atoms with E-state index in [9.17, 15) is 9.50 Å². The van der Waals surface area contributed by atoms with Crippen molar-refractivity contribution in [2.45, 2.75) is 32.2 Å². The van der Waals surface area contributed by atoms with Gasteiger partial charge in [-0.15, -0.1) is 0 Å². The minimum Gasteiger partial charge on any atom is -0.508 e. The maximum absolute atomic E-state index is 14.0. The Kier molecular flexibility index (Phi) is 6.24. The molecule has 0 atom stereocenters. The fourth-order valence-electron chi connectivity index (χ4n) is 5.90. The third kappa shape index (κ3) is 4.71. The van der Waals surface area contributed by atoms with Gasteiger partial charge in [0.25, 0.3) is 0 Å². The smallest absolute Gasteiger partial charge is 0.127 e. The maximum Gasteiger partial charge on any atom is 0.127 e. The van der Waals surface area contributed by atoms with Crippen molar-refractivity contribution in [3.05, 3.63) is 84.6 Å². The molecule has 0 saturated heterocycles. The second kappa shape index (κ2) is 10.2. The molecule has 0 spiro atoms. The lowest BCUT2D eigenvalue weighted by atomic mass is 10.0. The Morgan fingerprint density at radius 1 is 0.875 bits per heavy atom. The number of rotatable bonds is 7. The average Bonchev–Trinajstić information content (AvgIpc) is 3.71. The van der Waals surface area contributed by atoms with E-state index in [2.05, 4.69) is 48.7 Å². The Balaban J connectivity index is 1.21. The van der Waals surface area contributed by atoms with Gasteiger partial charge in [-0.25, -0.2) is 4.39 Å². The van der Waals surface area contributed by atoms with Gasteiger partial charge in [0.1, 0.15) is 17.3 Å². The van der Waals surface area contributed by atoms with Crippen molar-refractivity contribution in [1.29, 1.82) is 0 Å². The average molecular weight is 533 g/mol. The molecular weight excluding hydrogens is 503 g/mol. The Morgan fingerprint density at radius 2 is 1.75 bits per heavy atom. The summed E-state index contributed by atoms with van der Waals surface area (Å²) in [6.45, 7) is 1.88. The lowest BCUT2D eigenvalue weighted by Gasteiger charge is -2.11. The number of aromatic hydroxyl groups is 1. The highest BCUT2D eigenvalue weighted by atomic mass is 19.1. The van der Waals surface area contributed by atoms with E-state index in [1.54, 1.807) is 6.20 Å². The molecule has 0 bridgehead atoms. The van der Waals surface area contributed by atoms with E-state index in [4.69, 9.17) is 0 Å². The zero-order valence-corrected chi connectivity index (χ0v) is 21.9. The van der Waals surface area contributed by atoms with Crippen LogP contribution in [0.2, 0.25) is 0 Å². The van der Waals surface area contributed by atoms with Gasteiger partial charge in [0.15, 0.2) is 0 Å². The first-order valence-corrected chi connectivity index (χ1v) is 13.7. The topological polar surface area (TPSA) is 103 Å². The number of aromatic nitrogens is 5. The number of nitrogens with one attached hydrogen (secondary N) is 3. The van der Waals surface area contributed by atoms with Gasteiger partial charge < -0.3 is 15.4 Å². The number of halogens is 1. The highest BCUT2D eigenvalue weighted by Gasteiger charge is 2.17. The fourth-order valence-corrected chi connectivity index (χ4v) is 5.90. The molecule has 4 aromatic heterocycles. The minimum atomic E-state index is -0.515. The first-order valence-electron chi connectivity index (χ1n) is 13.7. The lowest BCUT2D eigenvalue weighted by Crippen LogP contribution is -2.20. The summed E-state index contributed by atoms with van der Waals surface area (Å²) in [5.74, 6) is 0.146. The molecule has 200 valence electrons. The van der Waals surface area contributed by atoms with Crippen molar-refractivity contribution in [1.82, 2.24) is 30.5 Å². The fraction of sp³-hybridized carbons (Fsp3) is 0.219. The van der Waals surface area contributed by atoms with Gasteiger partial charge in [-0.05, 0) is 78.9 Å². The van der Waals surface area contributed by atoms with Crippen LogP contribution in [0.4, 0.5) is 4.39 Å². The molecule has 0 amide bonds. The van der Waals surface area contributed by atoms with Crippen LogP contribution in [0.5, 0.6) is 5.75 Å². The summed E-state index contributed by atoms with van der Waals surface area (Å²) in [6, 6.07) is 16.3. The van der Waals surface area contributed by atoms with Gasteiger partial charge in [0.2, 0.25) is 0 Å². The van der Waals surface area contributed by atoms with E-state index < -0.39 is 5.82 Å². The highest BCUT2D eigenvalue weighted by molar-refractivity contribution is 6.00. The summed E-state index contributed by atoms with van der Waals surface area (Å²) in [4.78, 5) is 12.4. The summed E-state index contributed by atoms with van der Waals surface area (Å²) >= 11 is 0. The number of phenols is 1. The number of H-pyrrole nitrogens is 2. The molecule has 40 heavy (non-hydrogen) atoms. The van der Waals surface area contributed by atoms with Crippen molar-refractivity contribution in [3.8, 4) is 39.5 Å². The number of hydrogen-bond donors (Lipinski definition) is 4. The molecule has 2 aromatic carbocycles. The van der Waals surface area contributed by atoms with Crippen LogP contribution >= 0.6 is 0 Å². The summed E-state index contributed by atoms with van der Waals surface area (Å²) < 4.78 is 14.0. The van der Waals surface area contributed by atoms with Gasteiger partial charge >= 0.3 is 0 Å². The van der Waals surface area contributed by atoms with Gasteiger partial charge in [0, 0.05) is 58.6 Å². The van der Waals surface area contributed by atoms with Crippen LogP contribution in [0.15, 0.2) is 73.2 Å². The Bertz CT molecular complexity index is 1810. The molecule has 0 aliphatic heterocycles. The third-order valence-corrected chi connectivity index (χ3v) is 7.89. The van der Waals surface area contributed by atoms with Crippen molar-refractivity contribution >= 4 is 21.8 Å². The van der Waals surface area contributed by atoms with Crippen LogP contribution < -0.4 is 5.32 Å². The molecular formula is C32H29FN6O. The number of aromatic amines is 2. The molecule has 1 saturated carbocycles. The number of nitrogens with zero attached hydrogens (tertiary/aromatic N) is 3. The van der Waals surface area contributed by atoms with Crippen LogP contribution in [0.25, 0.3) is 55.6 Å². The third-order valence-electron chi connectivity index (χ3n) is 7.89. The number of pyridine rings is 2. The van der Waals surface area contributed by atoms with Crippen LogP contribution in [0, 0.1) is 11.7 Å². The second-order valence-corrected chi connectivity index (χ2v) is 10.7. The van der Waals surface area contributed by atoms with Crippen LogP contribution in [0.3, 0.4) is 0 Å².